The van der Waals surface area contributed by atoms with Crippen molar-refractivity contribution >= 4 is 17.7 Å². The number of imide groups is 1. The van der Waals surface area contributed by atoms with Gasteiger partial charge in [0.2, 0.25) is 0 Å². The number of nitrogens with zero attached hydrogens (tertiary/aromatic N) is 1. The summed E-state index contributed by atoms with van der Waals surface area (Å²) in [5, 5.41) is 2.62. The maximum absolute atomic E-state index is 12.9. The Balaban J connectivity index is 1.73. The quantitative estimate of drug-likeness (QED) is 0.831. The minimum atomic E-state index is -4.26. The van der Waals surface area contributed by atoms with Crippen LogP contribution < -0.4 is 5.32 Å². The molecule has 0 spiro atoms. The molecule has 3 rings (SSSR count). The van der Waals surface area contributed by atoms with Gasteiger partial charge < -0.3 is 5.32 Å². The van der Waals surface area contributed by atoms with E-state index in [0.29, 0.717) is 12.8 Å². The van der Waals surface area contributed by atoms with E-state index in [1.54, 1.807) is 0 Å². The van der Waals surface area contributed by atoms with Gasteiger partial charge in [0.1, 0.15) is 0 Å². The number of hydrogen-bond donors (Lipinski definition) is 1. The Bertz CT molecular complexity index is 745. The third kappa shape index (κ3) is 3.25. The lowest BCUT2D eigenvalue weighted by Crippen LogP contribution is -2.41. The van der Waals surface area contributed by atoms with Gasteiger partial charge in [0.25, 0.3) is 17.7 Å². The van der Waals surface area contributed by atoms with E-state index in [1.165, 1.54) is 25.2 Å². The highest BCUT2D eigenvalue weighted by molar-refractivity contribution is 6.21. The molecule has 1 aromatic rings. The molecule has 134 valence electrons. The highest BCUT2D eigenvalue weighted by atomic mass is 19.4. The lowest BCUT2D eigenvalue weighted by molar-refractivity contribution is -0.183. The molecule has 25 heavy (non-hydrogen) atoms. The molecule has 0 radical (unpaired) electrons. The predicted octanol–water partition coefficient (Wildman–Crippen LogP) is 2.76. The SMILES string of the molecule is CN1C(=O)c2ccc(C(=O)N[C@@H]3CCC[C@@H](C(F)(F)F)C3)cc2C1=O. The van der Waals surface area contributed by atoms with Crippen molar-refractivity contribution in [1.29, 1.82) is 0 Å². The molecule has 2 atom stereocenters. The number of nitrogens with one attached hydrogen (secondary N) is 1. The maximum atomic E-state index is 12.9. The molecule has 0 aromatic heterocycles. The van der Waals surface area contributed by atoms with Crippen molar-refractivity contribution in [2.45, 2.75) is 37.9 Å². The maximum Gasteiger partial charge on any atom is 0.391 e. The van der Waals surface area contributed by atoms with Gasteiger partial charge in [0, 0.05) is 18.7 Å². The molecule has 1 heterocycles. The second-order valence-electron chi connectivity index (χ2n) is 6.51. The summed E-state index contributed by atoms with van der Waals surface area (Å²) in [7, 11) is 1.35. The minimum absolute atomic E-state index is 0.0810. The van der Waals surface area contributed by atoms with Gasteiger partial charge in [-0.05, 0) is 37.5 Å². The first kappa shape index (κ1) is 17.4. The van der Waals surface area contributed by atoms with E-state index < -0.39 is 35.9 Å². The Morgan fingerprint density at radius 2 is 1.84 bits per heavy atom. The molecule has 3 amide bonds. The number of carbonyl (C=O) groups is 3. The van der Waals surface area contributed by atoms with Crippen LogP contribution in [0.1, 0.15) is 56.8 Å². The van der Waals surface area contributed by atoms with Crippen LogP contribution in [0.25, 0.3) is 0 Å². The fourth-order valence-electron chi connectivity index (χ4n) is 3.39. The molecule has 0 saturated heterocycles. The van der Waals surface area contributed by atoms with E-state index in [0.717, 1.165) is 4.90 Å². The summed E-state index contributed by atoms with van der Waals surface area (Å²) < 4.78 is 38.6. The van der Waals surface area contributed by atoms with Gasteiger partial charge in [-0.2, -0.15) is 13.2 Å². The lowest BCUT2D eigenvalue weighted by atomic mass is 9.85. The van der Waals surface area contributed by atoms with Crippen molar-refractivity contribution in [2.75, 3.05) is 7.05 Å². The molecular weight excluding hydrogens is 337 g/mol. The van der Waals surface area contributed by atoms with Gasteiger partial charge in [-0.15, -0.1) is 0 Å². The number of fused-ring (bicyclic) bond motifs is 1. The van der Waals surface area contributed by atoms with Crippen molar-refractivity contribution in [2.24, 2.45) is 5.92 Å². The molecule has 1 fully saturated rings. The zero-order valence-corrected chi connectivity index (χ0v) is 13.5. The molecule has 1 saturated carbocycles. The van der Waals surface area contributed by atoms with E-state index in [9.17, 15) is 27.6 Å². The largest absolute Gasteiger partial charge is 0.391 e. The van der Waals surface area contributed by atoms with Gasteiger partial charge in [-0.25, -0.2) is 0 Å². The van der Waals surface area contributed by atoms with Crippen molar-refractivity contribution < 1.29 is 27.6 Å². The first-order valence-electron chi connectivity index (χ1n) is 8.02. The van der Waals surface area contributed by atoms with E-state index in [1.807, 2.05) is 0 Å². The van der Waals surface area contributed by atoms with Crippen LogP contribution in [-0.4, -0.2) is 41.9 Å². The number of rotatable bonds is 2. The average Bonchev–Trinajstić information content (AvgIpc) is 2.78. The van der Waals surface area contributed by atoms with Gasteiger partial charge >= 0.3 is 6.18 Å². The van der Waals surface area contributed by atoms with Crippen LogP contribution in [0.4, 0.5) is 13.2 Å². The Kier molecular flexibility index (Phi) is 4.30. The molecule has 8 heteroatoms. The summed E-state index contributed by atoms with van der Waals surface area (Å²) in [6.07, 6.45) is -3.42. The molecule has 1 aliphatic heterocycles. The zero-order valence-electron chi connectivity index (χ0n) is 13.5. The number of alkyl halides is 3. The van der Waals surface area contributed by atoms with E-state index in [4.69, 9.17) is 0 Å². The summed E-state index contributed by atoms with van der Waals surface area (Å²) >= 11 is 0. The van der Waals surface area contributed by atoms with Crippen molar-refractivity contribution in [3.8, 4) is 0 Å². The Hall–Kier alpha value is -2.38. The van der Waals surface area contributed by atoms with Crippen LogP contribution in [0.3, 0.4) is 0 Å². The molecule has 0 unspecified atom stereocenters. The van der Waals surface area contributed by atoms with E-state index in [-0.39, 0.29) is 29.5 Å². The van der Waals surface area contributed by atoms with Crippen LogP contribution in [0.15, 0.2) is 18.2 Å². The van der Waals surface area contributed by atoms with Gasteiger partial charge in [-0.1, -0.05) is 6.42 Å². The number of carbonyl (C=O) groups excluding carboxylic acids is 3. The topological polar surface area (TPSA) is 66.5 Å². The number of amides is 3. The molecule has 1 N–H and O–H groups in total. The van der Waals surface area contributed by atoms with E-state index in [2.05, 4.69) is 5.32 Å². The third-order valence-corrected chi connectivity index (χ3v) is 4.82. The van der Waals surface area contributed by atoms with Crippen molar-refractivity contribution in [3.63, 3.8) is 0 Å². The van der Waals surface area contributed by atoms with Crippen LogP contribution in [0.2, 0.25) is 0 Å². The smallest absolute Gasteiger partial charge is 0.349 e. The molecule has 1 aliphatic carbocycles. The van der Waals surface area contributed by atoms with Crippen molar-refractivity contribution in [3.05, 3.63) is 34.9 Å². The number of hydrogen-bond acceptors (Lipinski definition) is 3. The molecule has 0 bridgehead atoms. The summed E-state index contributed by atoms with van der Waals surface area (Å²) in [5.41, 5.74) is 0.514. The van der Waals surface area contributed by atoms with Crippen molar-refractivity contribution in [1.82, 2.24) is 10.2 Å². The van der Waals surface area contributed by atoms with Crippen LogP contribution in [0.5, 0.6) is 0 Å². The number of benzene rings is 1. The van der Waals surface area contributed by atoms with Gasteiger partial charge in [0.05, 0.1) is 17.0 Å². The molecule has 5 nitrogen and oxygen atoms in total. The Labute approximate surface area is 142 Å². The lowest BCUT2D eigenvalue weighted by Gasteiger charge is -2.31. The minimum Gasteiger partial charge on any atom is -0.349 e. The first-order chi connectivity index (χ1) is 11.7. The first-order valence-corrected chi connectivity index (χ1v) is 8.02. The fourth-order valence-corrected chi connectivity index (χ4v) is 3.39. The summed E-state index contributed by atoms with van der Waals surface area (Å²) in [5.74, 6) is -2.87. The predicted molar refractivity (Wildman–Crippen MR) is 82.1 cm³/mol. The van der Waals surface area contributed by atoms with Crippen LogP contribution in [-0.2, 0) is 0 Å². The second-order valence-corrected chi connectivity index (χ2v) is 6.51. The summed E-state index contributed by atoms with van der Waals surface area (Å²) in [4.78, 5) is 37.1. The molecular formula is C17H17F3N2O3. The Morgan fingerprint density at radius 1 is 1.16 bits per heavy atom. The van der Waals surface area contributed by atoms with Crippen LogP contribution in [0, 0.1) is 5.92 Å². The summed E-state index contributed by atoms with van der Waals surface area (Å²) in [6, 6.07) is 3.56. The average molecular weight is 354 g/mol. The van der Waals surface area contributed by atoms with Gasteiger partial charge in [-0.3, -0.25) is 19.3 Å². The van der Waals surface area contributed by atoms with Crippen LogP contribution >= 0.6 is 0 Å². The Morgan fingerprint density at radius 3 is 2.52 bits per heavy atom. The standard InChI is InChI=1S/C17H17F3N2O3/c1-22-15(24)12-6-5-9(7-13(12)16(22)25)14(23)21-11-4-2-3-10(8-11)17(18,19)20/h5-7,10-11H,2-4,8H2,1H3,(H,21,23)/t10-,11-/m1/s1. The fraction of sp³-hybridized carbons (Fsp3) is 0.471. The highest BCUT2D eigenvalue weighted by Crippen LogP contribution is 2.37. The summed E-state index contributed by atoms with van der Waals surface area (Å²) in [6.45, 7) is 0. The molecule has 2 aliphatic rings. The number of halogens is 3. The van der Waals surface area contributed by atoms with Gasteiger partial charge in [0.15, 0.2) is 0 Å². The highest BCUT2D eigenvalue weighted by Gasteiger charge is 2.42. The monoisotopic (exact) mass is 354 g/mol. The van der Waals surface area contributed by atoms with E-state index >= 15 is 0 Å². The zero-order chi connectivity index (χ0) is 18.4. The normalized spacial score (nSPS) is 23.6. The second kappa shape index (κ2) is 6.16. The third-order valence-electron chi connectivity index (χ3n) is 4.82. The molecule has 1 aromatic carbocycles.